The summed E-state index contributed by atoms with van der Waals surface area (Å²) in [7, 11) is 0. The summed E-state index contributed by atoms with van der Waals surface area (Å²) in [5, 5.41) is 0. The van der Waals surface area contributed by atoms with Gasteiger partial charge in [0.25, 0.3) is 0 Å². The first-order valence-corrected chi connectivity index (χ1v) is 5.60. The lowest BCUT2D eigenvalue weighted by Crippen LogP contribution is -2.18. The van der Waals surface area contributed by atoms with Gasteiger partial charge in [-0.2, -0.15) is 0 Å². The number of aromatic nitrogens is 2. The van der Waals surface area contributed by atoms with Crippen molar-refractivity contribution >= 4 is 11.6 Å². The van der Waals surface area contributed by atoms with Gasteiger partial charge < -0.3 is 9.36 Å². The number of aryl methyl sites for hydroxylation is 1. The van der Waals surface area contributed by atoms with E-state index < -0.39 is 0 Å². The topological polar surface area (TPSA) is 52.0 Å². The maximum atomic E-state index is 12.0. The summed E-state index contributed by atoms with van der Waals surface area (Å²) in [5.41, 5.74) is 0.607. The van der Waals surface area contributed by atoms with Crippen molar-refractivity contribution in [3.05, 3.63) is 18.2 Å². The average Bonchev–Trinajstić information content (AvgIpc) is 2.64. The normalized spacial score (nSPS) is 12.4. The molecule has 1 unspecified atom stereocenters. The minimum atomic E-state index is -0.259. The summed E-state index contributed by atoms with van der Waals surface area (Å²) in [4.78, 5) is 27.0. The molecule has 0 N–H and O–H groups in total. The zero-order chi connectivity index (χ0) is 12.1. The second-order valence-corrected chi connectivity index (χ2v) is 4.14. The van der Waals surface area contributed by atoms with Gasteiger partial charge in [-0.15, -0.1) is 0 Å². The third kappa shape index (κ3) is 3.02. The van der Waals surface area contributed by atoms with E-state index in [9.17, 15) is 9.59 Å². The van der Waals surface area contributed by atoms with Crippen LogP contribution in [0.2, 0.25) is 0 Å². The molecule has 1 rings (SSSR count). The highest BCUT2D eigenvalue weighted by atomic mass is 16.1. The van der Waals surface area contributed by atoms with E-state index in [4.69, 9.17) is 0 Å². The Kier molecular flexibility index (Phi) is 4.40. The number of imidazole rings is 1. The van der Waals surface area contributed by atoms with Gasteiger partial charge in [-0.25, -0.2) is 4.98 Å². The van der Waals surface area contributed by atoms with Crippen molar-refractivity contribution in [1.29, 1.82) is 0 Å². The number of nitrogens with zero attached hydrogens (tertiary/aromatic N) is 2. The standard InChI is InChI=1S/C12H18N2O2/c1-4-5-14-8-13-7-11(14)12(16)9(2)6-10(3)15/h7-9H,4-6H2,1-3H3. The minimum Gasteiger partial charge on any atom is -0.328 e. The van der Waals surface area contributed by atoms with Crippen molar-refractivity contribution in [3.8, 4) is 0 Å². The van der Waals surface area contributed by atoms with Crippen LogP contribution in [0, 0.1) is 5.92 Å². The highest BCUT2D eigenvalue weighted by Gasteiger charge is 2.19. The van der Waals surface area contributed by atoms with Gasteiger partial charge in [0.15, 0.2) is 5.78 Å². The molecule has 0 radical (unpaired) electrons. The lowest BCUT2D eigenvalue weighted by Gasteiger charge is -2.10. The highest BCUT2D eigenvalue weighted by Crippen LogP contribution is 2.12. The van der Waals surface area contributed by atoms with E-state index in [-0.39, 0.29) is 17.5 Å². The fourth-order valence-corrected chi connectivity index (χ4v) is 1.72. The minimum absolute atomic E-state index is 0.00106. The summed E-state index contributed by atoms with van der Waals surface area (Å²) < 4.78 is 1.85. The van der Waals surface area contributed by atoms with Gasteiger partial charge in [0.1, 0.15) is 11.5 Å². The quantitative estimate of drug-likeness (QED) is 0.692. The van der Waals surface area contributed by atoms with Crippen LogP contribution in [0.5, 0.6) is 0 Å². The smallest absolute Gasteiger partial charge is 0.184 e. The molecule has 4 heteroatoms. The molecule has 0 aromatic carbocycles. The molecular weight excluding hydrogens is 204 g/mol. The molecule has 1 atom stereocenters. The fraction of sp³-hybridized carbons (Fsp3) is 0.583. The fourth-order valence-electron chi connectivity index (χ4n) is 1.72. The lowest BCUT2D eigenvalue weighted by molar-refractivity contribution is -0.117. The monoisotopic (exact) mass is 222 g/mol. The van der Waals surface area contributed by atoms with Crippen LogP contribution in [-0.2, 0) is 11.3 Å². The average molecular weight is 222 g/mol. The molecule has 0 saturated carbocycles. The van der Waals surface area contributed by atoms with Crippen LogP contribution in [0.1, 0.15) is 44.1 Å². The van der Waals surface area contributed by atoms with Crippen LogP contribution >= 0.6 is 0 Å². The van der Waals surface area contributed by atoms with Gasteiger partial charge in [0.2, 0.25) is 0 Å². The second kappa shape index (κ2) is 5.58. The van der Waals surface area contributed by atoms with E-state index in [1.165, 1.54) is 6.92 Å². The number of ketones is 2. The van der Waals surface area contributed by atoms with Crippen molar-refractivity contribution < 1.29 is 9.59 Å². The maximum absolute atomic E-state index is 12.0. The van der Waals surface area contributed by atoms with Gasteiger partial charge in [-0.05, 0) is 13.3 Å². The van der Waals surface area contributed by atoms with Crippen LogP contribution in [0.25, 0.3) is 0 Å². The van der Waals surface area contributed by atoms with Crippen molar-refractivity contribution in [2.24, 2.45) is 5.92 Å². The molecule has 0 spiro atoms. The number of Topliss-reactive ketones (excluding diaryl/α,β-unsaturated/α-hetero) is 2. The van der Waals surface area contributed by atoms with Gasteiger partial charge in [0, 0.05) is 18.9 Å². The summed E-state index contributed by atoms with van der Waals surface area (Å²) >= 11 is 0. The molecule has 1 aromatic rings. The first-order chi connectivity index (χ1) is 7.56. The Balaban J connectivity index is 2.79. The molecule has 0 aliphatic heterocycles. The third-order valence-corrected chi connectivity index (χ3v) is 2.47. The van der Waals surface area contributed by atoms with Gasteiger partial charge >= 0.3 is 0 Å². The van der Waals surface area contributed by atoms with E-state index in [0.717, 1.165) is 13.0 Å². The van der Waals surface area contributed by atoms with Crippen molar-refractivity contribution in [3.63, 3.8) is 0 Å². The van der Waals surface area contributed by atoms with Crippen LogP contribution in [-0.4, -0.2) is 21.1 Å². The van der Waals surface area contributed by atoms with E-state index in [0.29, 0.717) is 12.1 Å². The zero-order valence-corrected chi connectivity index (χ0v) is 10.1. The molecule has 0 amide bonds. The number of hydrogen-bond acceptors (Lipinski definition) is 3. The predicted octanol–water partition coefficient (Wildman–Crippen LogP) is 2.09. The lowest BCUT2D eigenvalue weighted by atomic mass is 9.98. The summed E-state index contributed by atoms with van der Waals surface area (Å²) in [6, 6.07) is 0. The third-order valence-electron chi connectivity index (χ3n) is 2.47. The van der Waals surface area contributed by atoms with Crippen molar-refractivity contribution in [1.82, 2.24) is 9.55 Å². The second-order valence-electron chi connectivity index (χ2n) is 4.14. The van der Waals surface area contributed by atoms with Gasteiger partial charge in [-0.1, -0.05) is 13.8 Å². The SMILES string of the molecule is CCCn1cncc1C(=O)C(C)CC(C)=O. The molecular formula is C12H18N2O2. The Morgan fingerprint density at radius 3 is 2.75 bits per heavy atom. The Labute approximate surface area is 95.7 Å². The van der Waals surface area contributed by atoms with E-state index in [1.807, 2.05) is 11.5 Å². The number of rotatable bonds is 6. The first kappa shape index (κ1) is 12.6. The molecule has 1 heterocycles. The molecule has 0 fully saturated rings. The van der Waals surface area contributed by atoms with E-state index >= 15 is 0 Å². The van der Waals surface area contributed by atoms with Crippen LogP contribution < -0.4 is 0 Å². The molecule has 0 aliphatic carbocycles. The highest BCUT2D eigenvalue weighted by molar-refractivity contribution is 5.98. The summed E-state index contributed by atoms with van der Waals surface area (Å²) in [5.74, 6) is -0.214. The Bertz CT molecular complexity index is 382. The maximum Gasteiger partial charge on any atom is 0.184 e. The van der Waals surface area contributed by atoms with Crippen LogP contribution in [0.15, 0.2) is 12.5 Å². The zero-order valence-electron chi connectivity index (χ0n) is 10.1. The molecule has 4 nitrogen and oxygen atoms in total. The molecule has 1 aromatic heterocycles. The Morgan fingerprint density at radius 1 is 1.50 bits per heavy atom. The number of hydrogen-bond donors (Lipinski definition) is 0. The summed E-state index contributed by atoms with van der Waals surface area (Å²) in [6.07, 6.45) is 4.50. The van der Waals surface area contributed by atoms with E-state index in [2.05, 4.69) is 4.98 Å². The molecule has 88 valence electrons. The number of carbonyl (C=O) groups excluding carboxylic acids is 2. The van der Waals surface area contributed by atoms with Gasteiger partial charge in [0.05, 0.1) is 12.5 Å². The Morgan fingerprint density at radius 2 is 2.19 bits per heavy atom. The predicted molar refractivity (Wildman–Crippen MR) is 61.3 cm³/mol. The van der Waals surface area contributed by atoms with Gasteiger partial charge in [-0.3, -0.25) is 4.79 Å². The molecule has 16 heavy (non-hydrogen) atoms. The van der Waals surface area contributed by atoms with Crippen LogP contribution in [0.4, 0.5) is 0 Å². The molecule has 0 saturated heterocycles. The van der Waals surface area contributed by atoms with Crippen molar-refractivity contribution in [2.75, 3.05) is 0 Å². The van der Waals surface area contributed by atoms with E-state index in [1.54, 1.807) is 19.4 Å². The Hall–Kier alpha value is -1.45. The van der Waals surface area contributed by atoms with Crippen molar-refractivity contribution in [2.45, 2.75) is 40.2 Å². The summed E-state index contributed by atoms with van der Waals surface area (Å²) in [6.45, 7) is 6.13. The molecule has 0 bridgehead atoms. The number of carbonyl (C=O) groups is 2. The molecule has 0 aliphatic rings. The first-order valence-electron chi connectivity index (χ1n) is 5.60. The van der Waals surface area contributed by atoms with Crippen LogP contribution in [0.3, 0.4) is 0 Å². The largest absolute Gasteiger partial charge is 0.328 e.